The number of benzene rings is 1. The summed E-state index contributed by atoms with van der Waals surface area (Å²) in [5.74, 6) is 2.64. The molecule has 5 nitrogen and oxygen atoms in total. The summed E-state index contributed by atoms with van der Waals surface area (Å²) in [6.07, 6.45) is 9.93. The maximum absolute atomic E-state index is 5.90. The van der Waals surface area contributed by atoms with Crippen LogP contribution in [0.2, 0.25) is 0 Å². The van der Waals surface area contributed by atoms with E-state index in [2.05, 4.69) is 47.7 Å². The van der Waals surface area contributed by atoms with Crippen LogP contribution in [0.1, 0.15) is 55.5 Å². The Hall–Kier alpha value is -2.11. The summed E-state index contributed by atoms with van der Waals surface area (Å²) in [4.78, 5) is 14.9. The molecule has 2 aromatic rings. The molecule has 1 aromatic carbocycles. The molecule has 31 heavy (non-hydrogen) atoms. The Bertz CT molecular complexity index is 920. The molecule has 0 radical (unpaired) electrons. The van der Waals surface area contributed by atoms with Gasteiger partial charge in [0.2, 0.25) is 5.95 Å². The molecule has 3 aliphatic rings. The molecule has 6 heteroatoms. The number of ether oxygens (including phenoxy) is 1. The number of hydrogen-bond acceptors (Lipinski definition) is 5. The van der Waals surface area contributed by atoms with Gasteiger partial charge >= 0.3 is 0 Å². The monoisotopic (exact) mass is 440 g/mol. The van der Waals surface area contributed by atoms with Crippen molar-refractivity contribution < 1.29 is 4.74 Å². The number of halogens is 1. The van der Waals surface area contributed by atoms with Crippen LogP contribution in [0, 0.1) is 5.92 Å². The molecule has 0 spiro atoms. The maximum atomic E-state index is 5.90. The van der Waals surface area contributed by atoms with Gasteiger partial charge in [0.25, 0.3) is 0 Å². The molecule has 0 amide bonds. The van der Waals surface area contributed by atoms with Gasteiger partial charge in [-0.2, -0.15) is 0 Å². The first-order valence-electron chi connectivity index (χ1n) is 11.4. The lowest BCUT2D eigenvalue weighted by atomic mass is 9.98. The van der Waals surface area contributed by atoms with Crippen LogP contribution in [-0.4, -0.2) is 40.6 Å². The fourth-order valence-electron chi connectivity index (χ4n) is 5.45. The van der Waals surface area contributed by atoms with Gasteiger partial charge in [0.1, 0.15) is 12.4 Å². The van der Waals surface area contributed by atoms with Crippen molar-refractivity contribution in [3.05, 3.63) is 59.9 Å². The Kier molecular flexibility index (Phi) is 6.83. The number of para-hydroxylation sites is 1. The largest absolute Gasteiger partial charge is 0.489 e. The molecule has 0 N–H and O–H groups in total. The van der Waals surface area contributed by atoms with Crippen LogP contribution in [0.4, 0.5) is 5.95 Å². The predicted octanol–water partition coefficient (Wildman–Crippen LogP) is 4.96. The molecule has 2 saturated heterocycles. The van der Waals surface area contributed by atoms with E-state index in [0.29, 0.717) is 18.7 Å². The second-order valence-corrected chi connectivity index (χ2v) is 9.10. The van der Waals surface area contributed by atoms with Crippen molar-refractivity contribution in [1.82, 2.24) is 14.9 Å². The lowest BCUT2D eigenvalue weighted by Gasteiger charge is -2.37. The predicted molar refractivity (Wildman–Crippen MR) is 127 cm³/mol. The number of rotatable bonds is 6. The maximum Gasteiger partial charge on any atom is 0.225 e. The molecule has 3 atom stereocenters. The molecule has 166 valence electrons. The molecule has 2 bridgehead atoms. The van der Waals surface area contributed by atoms with Crippen molar-refractivity contribution in [3.63, 3.8) is 0 Å². The van der Waals surface area contributed by atoms with Gasteiger partial charge < -0.3 is 9.64 Å². The molecule has 5 rings (SSSR count). The highest BCUT2D eigenvalue weighted by Gasteiger charge is 2.41. The van der Waals surface area contributed by atoms with Gasteiger partial charge in [0.15, 0.2) is 0 Å². The van der Waals surface area contributed by atoms with E-state index in [0.717, 1.165) is 43.7 Å². The number of fused-ring (bicyclic) bond motifs is 4. The summed E-state index contributed by atoms with van der Waals surface area (Å²) in [6, 6.07) is 9.36. The lowest BCUT2D eigenvalue weighted by molar-refractivity contribution is 0.164. The minimum atomic E-state index is 0. The third-order valence-electron chi connectivity index (χ3n) is 6.94. The van der Waals surface area contributed by atoms with E-state index in [4.69, 9.17) is 14.7 Å². The molecule has 0 saturated carbocycles. The SMILES string of the molecule is C=CCOc1ccccc1CN1C2CCC1c1cnc(N3CCCC(C)C3)nc1C2.Cl. The Balaban J connectivity index is 0.00000231. The van der Waals surface area contributed by atoms with Crippen LogP contribution < -0.4 is 9.64 Å². The second-order valence-electron chi connectivity index (χ2n) is 9.10. The van der Waals surface area contributed by atoms with E-state index in [9.17, 15) is 0 Å². The van der Waals surface area contributed by atoms with Crippen molar-refractivity contribution in [2.24, 2.45) is 5.92 Å². The van der Waals surface area contributed by atoms with Crippen LogP contribution in [-0.2, 0) is 13.0 Å². The number of aromatic nitrogens is 2. The summed E-state index contributed by atoms with van der Waals surface area (Å²) in [7, 11) is 0. The number of piperidine rings is 1. The van der Waals surface area contributed by atoms with E-state index < -0.39 is 0 Å². The highest BCUT2D eigenvalue weighted by Crippen LogP contribution is 2.44. The normalized spacial score (nSPS) is 24.9. The topological polar surface area (TPSA) is 41.5 Å². The molecule has 3 aliphatic heterocycles. The Morgan fingerprint density at radius 2 is 2.10 bits per heavy atom. The van der Waals surface area contributed by atoms with Gasteiger partial charge in [-0.05, 0) is 37.7 Å². The van der Waals surface area contributed by atoms with Crippen LogP contribution in [0.3, 0.4) is 0 Å². The minimum absolute atomic E-state index is 0. The van der Waals surface area contributed by atoms with E-state index in [1.165, 1.54) is 42.5 Å². The first-order chi connectivity index (χ1) is 14.7. The minimum Gasteiger partial charge on any atom is -0.489 e. The van der Waals surface area contributed by atoms with Gasteiger partial charge in [-0.1, -0.05) is 37.8 Å². The molecule has 2 fully saturated rings. The summed E-state index contributed by atoms with van der Waals surface area (Å²) in [6.45, 7) is 9.72. The standard InChI is InChI=1S/C25H32N4O.ClH/c1-3-13-30-24-9-5-4-8-19(24)17-29-20-10-11-23(29)21-15-26-25(27-22(21)14-20)28-12-6-7-18(2)16-28;/h3-5,8-9,15,18,20,23H,1,6-7,10-14,16-17H2,2H3;1H. The molecular weight excluding hydrogens is 408 g/mol. The van der Waals surface area contributed by atoms with E-state index in [1.807, 2.05) is 6.07 Å². The summed E-state index contributed by atoms with van der Waals surface area (Å²) in [5.41, 5.74) is 3.86. The summed E-state index contributed by atoms with van der Waals surface area (Å²) >= 11 is 0. The average molecular weight is 441 g/mol. The third-order valence-corrected chi connectivity index (χ3v) is 6.94. The number of hydrogen-bond donors (Lipinski definition) is 0. The van der Waals surface area contributed by atoms with Crippen molar-refractivity contribution in [3.8, 4) is 5.75 Å². The average Bonchev–Trinajstić information content (AvgIpc) is 3.04. The molecular formula is C25H33ClN4O. The Morgan fingerprint density at radius 1 is 1.23 bits per heavy atom. The highest BCUT2D eigenvalue weighted by molar-refractivity contribution is 5.85. The molecule has 1 aromatic heterocycles. The highest BCUT2D eigenvalue weighted by atomic mass is 35.5. The van der Waals surface area contributed by atoms with Crippen LogP contribution >= 0.6 is 12.4 Å². The van der Waals surface area contributed by atoms with E-state index in [1.54, 1.807) is 6.08 Å². The fraction of sp³-hybridized carbons (Fsp3) is 0.520. The van der Waals surface area contributed by atoms with Crippen molar-refractivity contribution in [1.29, 1.82) is 0 Å². The van der Waals surface area contributed by atoms with Gasteiger partial charge in [-0.15, -0.1) is 12.4 Å². The van der Waals surface area contributed by atoms with Gasteiger partial charge in [0.05, 0.1) is 5.69 Å². The van der Waals surface area contributed by atoms with Gasteiger partial charge in [0, 0.05) is 55.5 Å². The van der Waals surface area contributed by atoms with Crippen molar-refractivity contribution in [2.75, 3.05) is 24.6 Å². The molecule has 3 unspecified atom stereocenters. The van der Waals surface area contributed by atoms with Crippen LogP contribution in [0.25, 0.3) is 0 Å². The Morgan fingerprint density at radius 3 is 2.94 bits per heavy atom. The summed E-state index contributed by atoms with van der Waals surface area (Å²) in [5, 5.41) is 0. The molecule has 4 heterocycles. The first-order valence-corrected chi connectivity index (χ1v) is 11.4. The van der Waals surface area contributed by atoms with Crippen molar-refractivity contribution in [2.45, 2.75) is 57.7 Å². The Labute approximate surface area is 191 Å². The lowest BCUT2D eigenvalue weighted by Crippen LogP contribution is -2.39. The zero-order valence-electron chi connectivity index (χ0n) is 18.4. The number of anilines is 1. The van der Waals surface area contributed by atoms with Crippen LogP contribution in [0.5, 0.6) is 5.75 Å². The van der Waals surface area contributed by atoms with Gasteiger partial charge in [-0.3, -0.25) is 4.90 Å². The first kappa shape index (κ1) is 22.1. The fourth-order valence-corrected chi connectivity index (χ4v) is 5.45. The zero-order chi connectivity index (χ0) is 20.5. The molecule has 0 aliphatic carbocycles. The van der Waals surface area contributed by atoms with E-state index in [-0.39, 0.29) is 12.4 Å². The van der Waals surface area contributed by atoms with Gasteiger partial charge in [-0.25, -0.2) is 9.97 Å². The quantitative estimate of drug-likeness (QED) is 0.593. The summed E-state index contributed by atoms with van der Waals surface area (Å²) < 4.78 is 5.90. The smallest absolute Gasteiger partial charge is 0.225 e. The second kappa shape index (κ2) is 9.58. The number of nitrogens with zero attached hydrogens (tertiary/aromatic N) is 4. The van der Waals surface area contributed by atoms with E-state index >= 15 is 0 Å². The zero-order valence-corrected chi connectivity index (χ0v) is 19.2. The van der Waals surface area contributed by atoms with Crippen molar-refractivity contribution >= 4 is 18.4 Å². The van der Waals surface area contributed by atoms with Crippen LogP contribution in [0.15, 0.2) is 43.1 Å². The third kappa shape index (κ3) is 4.44.